The molecule has 0 bridgehead atoms. The Labute approximate surface area is 145 Å². The second kappa shape index (κ2) is 6.66. The van der Waals surface area contributed by atoms with Gasteiger partial charge in [-0.3, -0.25) is 9.69 Å². The highest BCUT2D eigenvalue weighted by Gasteiger charge is 2.21. The summed E-state index contributed by atoms with van der Waals surface area (Å²) in [6, 6.07) is 2.13. The van der Waals surface area contributed by atoms with Crippen molar-refractivity contribution in [3.8, 4) is 0 Å². The summed E-state index contributed by atoms with van der Waals surface area (Å²) in [5, 5.41) is 3.92. The van der Waals surface area contributed by atoms with Crippen LogP contribution in [0.1, 0.15) is 27.3 Å². The molecule has 24 heavy (non-hydrogen) atoms. The summed E-state index contributed by atoms with van der Waals surface area (Å²) in [4.78, 5) is 21.0. The van der Waals surface area contributed by atoms with E-state index < -0.39 is 0 Å². The van der Waals surface area contributed by atoms with Crippen LogP contribution in [0.15, 0.2) is 6.07 Å². The zero-order valence-corrected chi connectivity index (χ0v) is 14.5. The molecule has 0 unspecified atom stereocenters. The quantitative estimate of drug-likeness (QED) is 0.875. The minimum Gasteiger partial charge on any atom is -0.397 e. The third kappa shape index (κ3) is 2.99. The topological polar surface area (TPSA) is 80.5 Å². The molecule has 7 heteroatoms. The molecular weight excluding hydrogens is 324 g/mol. The Kier molecular flexibility index (Phi) is 4.39. The van der Waals surface area contributed by atoms with Crippen LogP contribution >= 0.6 is 11.3 Å². The van der Waals surface area contributed by atoms with E-state index in [1.54, 1.807) is 0 Å². The van der Waals surface area contributed by atoms with Gasteiger partial charge in [0.25, 0.3) is 5.91 Å². The summed E-state index contributed by atoms with van der Waals surface area (Å²) in [5.74, 6) is -0.0936. The Morgan fingerprint density at radius 3 is 3.04 bits per heavy atom. The van der Waals surface area contributed by atoms with E-state index in [0.717, 1.165) is 62.3 Å². The van der Waals surface area contributed by atoms with Gasteiger partial charge < -0.3 is 15.8 Å². The highest BCUT2D eigenvalue weighted by molar-refractivity contribution is 7.21. The summed E-state index contributed by atoms with van der Waals surface area (Å²) in [7, 11) is 0. The highest BCUT2D eigenvalue weighted by atomic mass is 32.1. The number of amides is 1. The second-order valence-electron chi connectivity index (χ2n) is 6.36. The number of thiophene rings is 1. The fourth-order valence-corrected chi connectivity index (χ4v) is 4.41. The average molecular weight is 346 g/mol. The lowest BCUT2D eigenvalue weighted by molar-refractivity contribution is 0.0383. The van der Waals surface area contributed by atoms with Crippen molar-refractivity contribution in [2.45, 2.75) is 19.3 Å². The van der Waals surface area contributed by atoms with Crippen LogP contribution in [0.4, 0.5) is 5.69 Å². The van der Waals surface area contributed by atoms with E-state index in [1.165, 1.54) is 22.6 Å². The van der Waals surface area contributed by atoms with Crippen LogP contribution < -0.4 is 11.1 Å². The van der Waals surface area contributed by atoms with Gasteiger partial charge in [-0.05, 0) is 30.9 Å². The Bertz CT molecular complexity index is 768. The van der Waals surface area contributed by atoms with Crippen LogP contribution in [0.25, 0.3) is 10.2 Å². The highest BCUT2D eigenvalue weighted by Crippen LogP contribution is 2.35. The van der Waals surface area contributed by atoms with Crippen molar-refractivity contribution in [2.75, 3.05) is 45.1 Å². The van der Waals surface area contributed by atoms with Crippen molar-refractivity contribution in [3.63, 3.8) is 0 Å². The predicted octanol–water partition coefficient (Wildman–Crippen LogP) is 1.43. The molecule has 1 fully saturated rings. The minimum atomic E-state index is -0.0936. The first-order valence-corrected chi connectivity index (χ1v) is 9.33. The van der Waals surface area contributed by atoms with Crippen molar-refractivity contribution in [3.05, 3.63) is 22.2 Å². The van der Waals surface area contributed by atoms with Gasteiger partial charge in [-0.15, -0.1) is 11.3 Å². The molecule has 4 rings (SSSR count). The van der Waals surface area contributed by atoms with Crippen molar-refractivity contribution in [2.24, 2.45) is 0 Å². The van der Waals surface area contributed by atoms with E-state index in [1.807, 2.05) is 0 Å². The van der Waals surface area contributed by atoms with E-state index >= 15 is 0 Å². The summed E-state index contributed by atoms with van der Waals surface area (Å²) >= 11 is 1.40. The van der Waals surface area contributed by atoms with Gasteiger partial charge in [-0.25, -0.2) is 4.98 Å². The van der Waals surface area contributed by atoms with Gasteiger partial charge in [0, 0.05) is 37.3 Å². The molecule has 0 radical (unpaired) electrons. The first kappa shape index (κ1) is 15.8. The number of hydrogen-bond acceptors (Lipinski definition) is 6. The molecule has 0 spiro atoms. The van der Waals surface area contributed by atoms with Gasteiger partial charge in [0.1, 0.15) is 9.71 Å². The summed E-state index contributed by atoms with van der Waals surface area (Å²) in [6.45, 7) is 4.86. The summed E-state index contributed by atoms with van der Waals surface area (Å²) in [6.07, 6.45) is 3.26. The normalized spacial score (nSPS) is 18.0. The molecule has 3 N–H and O–H groups in total. The van der Waals surface area contributed by atoms with Crippen LogP contribution in [0.5, 0.6) is 0 Å². The van der Waals surface area contributed by atoms with Gasteiger partial charge in [0.15, 0.2) is 0 Å². The molecule has 2 aliphatic rings. The molecular formula is C17H22N4O2S. The number of carbonyl (C=O) groups is 1. The second-order valence-corrected chi connectivity index (χ2v) is 7.35. The molecule has 6 nitrogen and oxygen atoms in total. The number of hydrogen-bond donors (Lipinski definition) is 2. The minimum absolute atomic E-state index is 0.0936. The number of fused-ring (bicyclic) bond motifs is 2. The Balaban J connectivity index is 1.45. The van der Waals surface area contributed by atoms with Crippen molar-refractivity contribution in [1.29, 1.82) is 0 Å². The third-order valence-electron chi connectivity index (χ3n) is 4.77. The molecule has 3 heterocycles. The molecule has 0 saturated carbocycles. The Hall–Kier alpha value is -1.70. The van der Waals surface area contributed by atoms with Gasteiger partial charge in [0.05, 0.1) is 18.9 Å². The number of carbonyl (C=O) groups excluding carboxylic acids is 1. The lowest BCUT2D eigenvalue weighted by Crippen LogP contribution is -2.41. The molecule has 1 amide bonds. The average Bonchev–Trinajstić information content (AvgIpc) is 3.18. The van der Waals surface area contributed by atoms with Crippen LogP contribution in [-0.2, 0) is 17.6 Å². The van der Waals surface area contributed by atoms with E-state index in [2.05, 4.69) is 16.3 Å². The number of rotatable bonds is 4. The fraction of sp³-hybridized carbons (Fsp3) is 0.529. The molecule has 1 aliphatic carbocycles. The van der Waals surface area contributed by atoms with Crippen LogP contribution in [0.3, 0.4) is 0 Å². The largest absolute Gasteiger partial charge is 0.397 e. The maximum atomic E-state index is 12.5. The molecule has 128 valence electrons. The van der Waals surface area contributed by atoms with E-state index in [4.69, 9.17) is 15.5 Å². The van der Waals surface area contributed by atoms with E-state index in [-0.39, 0.29) is 5.91 Å². The fourth-order valence-electron chi connectivity index (χ4n) is 3.40. The Morgan fingerprint density at radius 1 is 1.38 bits per heavy atom. The number of pyridine rings is 1. The van der Waals surface area contributed by atoms with Crippen LogP contribution in [-0.4, -0.2) is 55.2 Å². The first-order valence-electron chi connectivity index (χ1n) is 8.51. The van der Waals surface area contributed by atoms with Crippen LogP contribution in [0, 0.1) is 0 Å². The van der Waals surface area contributed by atoms with Crippen LogP contribution in [0.2, 0.25) is 0 Å². The predicted molar refractivity (Wildman–Crippen MR) is 95.6 cm³/mol. The Morgan fingerprint density at radius 2 is 2.21 bits per heavy atom. The number of nitrogen functional groups attached to an aromatic ring is 1. The number of nitrogens with two attached hydrogens (primary N) is 1. The number of ether oxygens (including phenoxy) is 1. The van der Waals surface area contributed by atoms with E-state index in [0.29, 0.717) is 17.1 Å². The number of nitrogens with one attached hydrogen (secondary N) is 1. The summed E-state index contributed by atoms with van der Waals surface area (Å²) < 4.78 is 5.33. The van der Waals surface area contributed by atoms with Gasteiger partial charge in [0.2, 0.25) is 0 Å². The number of aromatic nitrogens is 1. The maximum absolute atomic E-state index is 12.5. The third-order valence-corrected chi connectivity index (χ3v) is 5.89. The zero-order chi connectivity index (χ0) is 16.5. The van der Waals surface area contributed by atoms with E-state index in [9.17, 15) is 4.79 Å². The lowest BCUT2D eigenvalue weighted by atomic mass is 10.1. The number of morpholine rings is 1. The molecule has 0 aromatic carbocycles. The number of nitrogens with zero attached hydrogens (tertiary/aromatic N) is 2. The SMILES string of the molecule is Nc1c(C(=O)NCCN2CCOCC2)sc2nc3c(cc12)CCC3. The molecule has 1 aliphatic heterocycles. The monoisotopic (exact) mass is 346 g/mol. The van der Waals surface area contributed by atoms with Gasteiger partial charge in [-0.1, -0.05) is 0 Å². The first-order chi connectivity index (χ1) is 11.7. The maximum Gasteiger partial charge on any atom is 0.263 e. The van der Waals surface area contributed by atoms with Gasteiger partial charge in [-0.2, -0.15) is 0 Å². The number of anilines is 1. The molecule has 1 saturated heterocycles. The van der Waals surface area contributed by atoms with Crippen molar-refractivity contribution in [1.82, 2.24) is 15.2 Å². The molecule has 2 aromatic rings. The zero-order valence-electron chi connectivity index (χ0n) is 13.6. The molecule has 0 atom stereocenters. The van der Waals surface area contributed by atoms with Gasteiger partial charge >= 0.3 is 0 Å². The lowest BCUT2D eigenvalue weighted by Gasteiger charge is -2.26. The smallest absolute Gasteiger partial charge is 0.263 e. The summed E-state index contributed by atoms with van der Waals surface area (Å²) in [5.41, 5.74) is 9.25. The standard InChI is InChI=1S/C17H22N4O2S/c18-14-12-10-11-2-1-3-13(11)20-17(12)24-15(14)16(22)19-4-5-21-6-8-23-9-7-21/h10H,1-9,18H2,(H,19,22). The molecule has 2 aromatic heterocycles. The van der Waals surface area contributed by atoms with Crippen molar-refractivity contribution < 1.29 is 9.53 Å². The number of aryl methyl sites for hydroxylation is 2. The van der Waals surface area contributed by atoms with Crippen molar-refractivity contribution >= 4 is 33.1 Å².